The van der Waals surface area contributed by atoms with Crippen molar-refractivity contribution in [1.82, 2.24) is 14.5 Å². The van der Waals surface area contributed by atoms with Gasteiger partial charge in [-0.25, -0.2) is 4.98 Å². The average Bonchev–Trinajstić information content (AvgIpc) is 3.18. The second-order valence-corrected chi connectivity index (χ2v) is 5.46. The third-order valence-corrected chi connectivity index (χ3v) is 4.04. The molecule has 1 atom stereocenters. The monoisotopic (exact) mass is 284 g/mol. The lowest BCUT2D eigenvalue weighted by Crippen LogP contribution is -2.39. The van der Waals surface area contributed by atoms with E-state index in [0.717, 1.165) is 37.1 Å². The normalized spacial score (nSPS) is 18.1. The Kier molecular flexibility index (Phi) is 4.01. The van der Waals surface area contributed by atoms with Gasteiger partial charge in [0.05, 0.1) is 6.33 Å². The molecule has 2 N–H and O–H groups in total. The van der Waals surface area contributed by atoms with Crippen molar-refractivity contribution in [3.05, 3.63) is 54.1 Å². The molecule has 0 unspecified atom stereocenters. The number of amides is 1. The summed E-state index contributed by atoms with van der Waals surface area (Å²) in [5, 5.41) is 0. The third kappa shape index (κ3) is 2.97. The van der Waals surface area contributed by atoms with Crippen molar-refractivity contribution in [3.63, 3.8) is 0 Å². The lowest BCUT2D eigenvalue weighted by atomic mass is 10.1. The molecule has 0 aliphatic carbocycles. The predicted molar refractivity (Wildman–Crippen MR) is 80.9 cm³/mol. The number of carbonyl (C=O) groups is 1. The van der Waals surface area contributed by atoms with Crippen LogP contribution in [0.15, 0.2) is 43.0 Å². The standard InChI is InChI=1S/C16H20N4O/c17-10-15-2-1-8-20(15)16(21)14-5-3-13(4-6-14)11-19-9-7-18-12-19/h3-7,9,12,15H,1-2,8,10-11,17H2/t15-/m0/s1. The number of hydrogen-bond acceptors (Lipinski definition) is 3. The molecular formula is C16H20N4O. The molecule has 0 saturated carbocycles. The van der Waals surface area contributed by atoms with Gasteiger partial charge >= 0.3 is 0 Å². The van der Waals surface area contributed by atoms with Crippen molar-refractivity contribution >= 4 is 5.91 Å². The van der Waals surface area contributed by atoms with Crippen LogP contribution in [0.3, 0.4) is 0 Å². The van der Waals surface area contributed by atoms with Crippen LogP contribution in [0.1, 0.15) is 28.8 Å². The Labute approximate surface area is 124 Å². The summed E-state index contributed by atoms with van der Waals surface area (Å²) in [6.07, 6.45) is 7.54. The summed E-state index contributed by atoms with van der Waals surface area (Å²) in [7, 11) is 0. The first-order valence-corrected chi connectivity index (χ1v) is 7.33. The minimum absolute atomic E-state index is 0.0946. The van der Waals surface area contributed by atoms with Crippen molar-refractivity contribution in [3.8, 4) is 0 Å². The van der Waals surface area contributed by atoms with Gasteiger partial charge in [0.25, 0.3) is 5.91 Å². The molecular weight excluding hydrogens is 264 g/mol. The predicted octanol–water partition coefficient (Wildman–Crippen LogP) is 1.49. The molecule has 0 radical (unpaired) electrons. The molecule has 5 heteroatoms. The second kappa shape index (κ2) is 6.10. The zero-order valence-electron chi connectivity index (χ0n) is 12.0. The highest BCUT2D eigenvalue weighted by molar-refractivity contribution is 5.94. The van der Waals surface area contributed by atoms with Gasteiger partial charge in [-0.05, 0) is 30.5 Å². The van der Waals surface area contributed by atoms with Crippen LogP contribution in [0, 0.1) is 0 Å². The van der Waals surface area contributed by atoms with Crippen molar-refractivity contribution in [2.75, 3.05) is 13.1 Å². The quantitative estimate of drug-likeness (QED) is 0.925. The Hall–Kier alpha value is -2.14. The van der Waals surface area contributed by atoms with Crippen LogP contribution in [-0.2, 0) is 6.54 Å². The first kappa shape index (κ1) is 13.8. The third-order valence-electron chi connectivity index (χ3n) is 4.04. The van der Waals surface area contributed by atoms with Gasteiger partial charge in [0.15, 0.2) is 0 Å². The Bertz CT molecular complexity index is 591. The molecule has 21 heavy (non-hydrogen) atoms. The maximum Gasteiger partial charge on any atom is 0.254 e. The largest absolute Gasteiger partial charge is 0.334 e. The number of rotatable bonds is 4. The van der Waals surface area contributed by atoms with Gasteiger partial charge in [-0.1, -0.05) is 12.1 Å². The Balaban J connectivity index is 1.70. The maximum absolute atomic E-state index is 12.5. The van der Waals surface area contributed by atoms with Crippen molar-refractivity contribution < 1.29 is 4.79 Å². The molecule has 0 spiro atoms. The average molecular weight is 284 g/mol. The zero-order chi connectivity index (χ0) is 14.7. The van der Waals surface area contributed by atoms with E-state index in [4.69, 9.17) is 5.73 Å². The Morgan fingerprint density at radius 2 is 2.14 bits per heavy atom. The minimum Gasteiger partial charge on any atom is -0.334 e. The fourth-order valence-electron chi connectivity index (χ4n) is 2.86. The van der Waals surface area contributed by atoms with E-state index in [9.17, 15) is 4.79 Å². The molecule has 1 aliphatic rings. The molecule has 1 aromatic heterocycles. The number of hydrogen-bond donors (Lipinski definition) is 1. The molecule has 1 amide bonds. The molecule has 2 aromatic rings. The van der Waals surface area contributed by atoms with Gasteiger partial charge in [-0.15, -0.1) is 0 Å². The van der Waals surface area contributed by atoms with E-state index < -0.39 is 0 Å². The first-order chi connectivity index (χ1) is 10.3. The van der Waals surface area contributed by atoms with E-state index in [1.807, 2.05) is 39.9 Å². The summed E-state index contributed by atoms with van der Waals surface area (Å²) in [5.41, 5.74) is 7.63. The summed E-state index contributed by atoms with van der Waals surface area (Å²) in [4.78, 5) is 18.4. The Morgan fingerprint density at radius 3 is 2.81 bits per heavy atom. The van der Waals surface area contributed by atoms with E-state index in [1.165, 1.54) is 0 Å². The molecule has 2 heterocycles. The number of nitrogens with two attached hydrogens (primary N) is 1. The fraction of sp³-hybridized carbons (Fsp3) is 0.375. The zero-order valence-corrected chi connectivity index (χ0v) is 12.0. The SMILES string of the molecule is NC[C@@H]1CCCN1C(=O)c1ccc(Cn2ccnc2)cc1. The maximum atomic E-state index is 12.5. The number of likely N-dealkylation sites (tertiary alicyclic amines) is 1. The number of benzene rings is 1. The number of aromatic nitrogens is 2. The number of carbonyl (C=O) groups excluding carboxylic acids is 1. The van der Waals surface area contributed by atoms with Crippen molar-refractivity contribution in [2.45, 2.75) is 25.4 Å². The highest BCUT2D eigenvalue weighted by atomic mass is 16.2. The molecule has 1 aliphatic heterocycles. The van der Waals surface area contributed by atoms with Crippen molar-refractivity contribution in [2.24, 2.45) is 5.73 Å². The van der Waals surface area contributed by atoms with Crippen LogP contribution in [0.2, 0.25) is 0 Å². The second-order valence-electron chi connectivity index (χ2n) is 5.46. The summed E-state index contributed by atoms with van der Waals surface area (Å²) < 4.78 is 2.00. The number of nitrogens with zero attached hydrogens (tertiary/aromatic N) is 3. The van der Waals surface area contributed by atoms with Crippen LogP contribution in [0.5, 0.6) is 0 Å². The van der Waals surface area contributed by atoms with E-state index in [-0.39, 0.29) is 11.9 Å². The number of imidazole rings is 1. The lowest BCUT2D eigenvalue weighted by molar-refractivity contribution is 0.0741. The van der Waals surface area contributed by atoms with Gasteiger partial charge in [-0.3, -0.25) is 4.79 Å². The smallest absolute Gasteiger partial charge is 0.254 e. The molecule has 0 bridgehead atoms. The van der Waals surface area contributed by atoms with Crippen LogP contribution < -0.4 is 5.73 Å². The minimum atomic E-state index is 0.0946. The van der Waals surface area contributed by atoms with Gasteiger partial charge in [-0.2, -0.15) is 0 Å². The molecule has 110 valence electrons. The summed E-state index contributed by atoms with van der Waals surface area (Å²) >= 11 is 0. The van der Waals surface area contributed by atoms with Gasteiger partial charge in [0.2, 0.25) is 0 Å². The van der Waals surface area contributed by atoms with E-state index in [2.05, 4.69) is 4.98 Å². The molecule has 1 fully saturated rings. The summed E-state index contributed by atoms with van der Waals surface area (Å²) in [5.74, 6) is 0.0946. The van der Waals surface area contributed by atoms with Crippen LogP contribution >= 0.6 is 0 Å². The molecule has 1 aromatic carbocycles. The van der Waals surface area contributed by atoms with Gasteiger partial charge in [0.1, 0.15) is 0 Å². The molecule has 5 nitrogen and oxygen atoms in total. The van der Waals surface area contributed by atoms with E-state index in [0.29, 0.717) is 6.54 Å². The highest BCUT2D eigenvalue weighted by Crippen LogP contribution is 2.19. The first-order valence-electron chi connectivity index (χ1n) is 7.33. The van der Waals surface area contributed by atoms with Gasteiger partial charge < -0.3 is 15.2 Å². The van der Waals surface area contributed by atoms with Crippen LogP contribution in [-0.4, -0.2) is 39.5 Å². The highest BCUT2D eigenvalue weighted by Gasteiger charge is 2.28. The summed E-state index contributed by atoms with van der Waals surface area (Å²) in [6, 6.07) is 8.01. The molecule has 1 saturated heterocycles. The molecule has 3 rings (SSSR count). The van der Waals surface area contributed by atoms with E-state index in [1.54, 1.807) is 12.5 Å². The van der Waals surface area contributed by atoms with Gasteiger partial charge in [0, 0.05) is 43.6 Å². The van der Waals surface area contributed by atoms with Crippen molar-refractivity contribution in [1.29, 1.82) is 0 Å². The lowest BCUT2D eigenvalue weighted by Gasteiger charge is -2.23. The topological polar surface area (TPSA) is 64.2 Å². The Morgan fingerprint density at radius 1 is 1.33 bits per heavy atom. The fourth-order valence-corrected chi connectivity index (χ4v) is 2.86. The van der Waals surface area contributed by atoms with Crippen LogP contribution in [0.4, 0.5) is 0 Å². The van der Waals surface area contributed by atoms with Crippen LogP contribution in [0.25, 0.3) is 0 Å². The summed E-state index contributed by atoms with van der Waals surface area (Å²) in [6.45, 7) is 2.13. The van der Waals surface area contributed by atoms with E-state index >= 15 is 0 Å².